The van der Waals surface area contributed by atoms with Crippen molar-refractivity contribution in [2.45, 2.75) is 19.1 Å². The Morgan fingerprint density at radius 1 is 1.04 bits per heavy atom. The third-order valence-corrected chi connectivity index (χ3v) is 3.73. The summed E-state index contributed by atoms with van der Waals surface area (Å²) in [5.41, 5.74) is 0.0374. The van der Waals surface area contributed by atoms with Gasteiger partial charge in [0.1, 0.15) is 11.5 Å². The molecule has 0 fully saturated rings. The van der Waals surface area contributed by atoms with E-state index in [2.05, 4.69) is 5.32 Å². The predicted octanol–water partition coefficient (Wildman–Crippen LogP) is 4.21. The number of nitrogens with one attached hydrogen (secondary N) is 1. The van der Waals surface area contributed by atoms with Crippen LogP contribution in [0.5, 0.6) is 11.5 Å². The third kappa shape index (κ3) is 4.43. The van der Waals surface area contributed by atoms with E-state index in [0.717, 1.165) is 24.3 Å². The minimum atomic E-state index is -4.43. The van der Waals surface area contributed by atoms with Gasteiger partial charge in [-0.05, 0) is 49.4 Å². The van der Waals surface area contributed by atoms with Crippen LogP contribution in [0.25, 0.3) is 0 Å². The van der Waals surface area contributed by atoms with Gasteiger partial charge in [0.2, 0.25) is 0 Å². The number of amides is 1. The molecule has 0 unspecified atom stereocenters. The van der Waals surface area contributed by atoms with Gasteiger partial charge < -0.3 is 14.8 Å². The predicted molar refractivity (Wildman–Crippen MR) is 86.9 cm³/mol. The molecule has 1 N–H and O–H groups in total. The summed E-state index contributed by atoms with van der Waals surface area (Å²) in [6.45, 7) is 1.75. The maximum atomic E-state index is 12.6. The Balaban J connectivity index is 2.17. The maximum absolute atomic E-state index is 12.6. The summed E-state index contributed by atoms with van der Waals surface area (Å²) in [7, 11) is 3.03. The molecular weight excluding hydrogens is 335 g/mol. The summed E-state index contributed by atoms with van der Waals surface area (Å²) in [5.74, 6) is 0.693. The molecule has 2 aromatic rings. The van der Waals surface area contributed by atoms with Crippen LogP contribution in [0.3, 0.4) is 0 Å². The van der Waals surface area contributed by atoms with E-state index in [0.29, 0.717) is 17.1 Å². The SMILES string of the molecule is COc1ccc(OC)c([C@H](C)NC(=O)c2ccc(C(F)(F)F)cc2)c1. The molecule has 134 valence electrons. The minimum absolute atomic E-state index is 0.140. The van der Waals surface area contributed by atoms with Gasteiger partial charge in [-0.15, -0.1) is 0 Å². The molecule has 0 aromatic heterocycles. The highest BCUT2D eigenvalue weighted by molar-refractivity contribution is 5.94. The minimum Gasteiger partial charge on any atom is -0.497 e. The first-order valence-electron chi connectivity index (χ1n) is 7.46. The van der Waals surface area contributed by atoms with E-state index in [-0.39, 0.29) is 5.56 Å². The summed E-state index contributed by atoms with van der Waals surface area (Å²) in [6, 6.07) is 8.80. The quantitative estimate of drug-likeness (QED) is 0.876. The smallest absolute Gasteiger partial charge is 0.416 e. The molecule has 0 saturated carbocycles. The summed E-state index contributed by atoms with van der Waals surface area (Å²) >= 11 is 0. The fourth-order valence-electron chi connectivity index (χ4n) is 2.35. The van der Waals surface area contributed by atoms with Gasteiger partial charge in [0, 0.05) is 11.1 Å². The zero-order valence-corrected chi connectivity index (χ0v) is 14.0. The average molecular weight is 353 g/mol. The number of halogens is 3. The van der Waals surface area contributed by atoms with Crippen LogP contribution < -0.4 is 14.8 Å². The van der Waals surface area contributed by atoms with E-state index in [4.69, 9.17) is 9.47 Å². The molecular formula is C18H18F3NO3. The molecule has 2 rings (SSSR count). The zero-order valence-electron chi connectivity index (χ0n) is 14.0. The second kappa shape index (κ2) is 7.46. The van der Waals surface area contributed by atoms with Crippen molar-refractivity contribution in [3.63, 3.8) is 0 Å². The van der Waals surface area contributed by atoms with Crippen molar-refractivity contribution < 1.29 is 27.4 Å². The van der Waals surface area contributed by atoms with Crippen LogP contribution in [0.1, 0.15) is 34.5 Å². The van der Waals surface area contributed by atoms with E-state index >= 15 is 0 Å². The average Bonchev–Trinajstić information content (AvgIpc) is 2.60. The normalized spacial score (nSPS) is 12.4. The molecule has 0 aliphatic carbocycles. The van der Waals surface area contributed by atoms with Crippen LogP contribution in [-0.2, 0) is 6.18 Å². The van der Waals surface area contributed by atoms with E-state index in [1.807, 2.05) is 0 Å². The summed E-state index contributed by atoms with van der Waals surface area (Å²) in [5, 5.41) is 2.74. The van der Waals surface area contributed by atoms with Gasteiger partial charge in [-0.1, -0.05) is 0 Å². The Bertz CT molecular complexity index is 742. The maximum Gasteiger partial charge on any atom is 0.416 e. The van der Waals surface area contributed by atoms with Gasteiger partial charge >= 0.3 is 6.18 Å². The van der Waals surface area contributed by atoms with Crippen molar-refractivity contribution in [1.82, 2.24) is 5.32 Å². The van der Waals surface area contributed by atoms with Crippen molar-refractivity contribution in [3.05, 3.63) is 59.2 Å². The van der Waals surface area contributed by atoms with Gasteiger partial charge in [0.25, 0.3) is 5.91 Å². The van der Waals surface area contributed by atoms with Crippen LogP contribution in [-0.4, -0.2) is 20.1 Å². The molecule has 0 aliphatic rings. The highest BCUT2D eigenvalue weighted by Crippen LogP contribution is 2.30. The van der Waals surface area contributed by atoms with Crippen molar-refractivity contribution >= 4 is 5.91 Å². The number of alkyl halides is 3. The molecule has 2 aromatic carbocycles. The summed E-state index contributed by atoms with van der Waals surface area (Å²) in [6.07, 6.45) is -4.43. The molecule has 1 atom stereocenters. The zero-order chi connectivity index (χ0) is 18.6. The Morgan fingerprint density at radius 2 is 1.68 bits per heavy atom. The van der Waals surface area contributed by atoms with E-state index in [9.17, 15) is 18.0 Å². The number of benzene rings is 2. The molecule has 0 aliphatic heterocycles. The molecule has 0 bridgehead atoms. The Hall–Kier alpha value is -2.70. The van der Waals surface area contributed by atoms with Gasteiger partial charge in [0.05, 0.1) is 25.8 Å². The van der Waals surface area contributed by atoms with Crippen LogP contribution in [0.2, 0.25) is 0 Å². The van der Waals surface area contributed by atoms with E-state index in [1.54, 1.807) is 25.1 Å². The first-order chi connectivity index (χ1) is 11.8. The lowest BCUT2D eigenvalue weighted by Gasteiger charge is -2.18. The van der Waals surface area contributed by atoms with Crippen LogP contribution >= 0.6 is 0 Å². The van der Waals surface area contributed by atoms with Crippen LogP contribution in [0.15, 0.2) is 42.5 Å². The number of carbonyl (C=O) groups excluding carboxylic acids is 1. The lowest BCUT2D eigenvalue weighted by atomic mass is 10.1. The molecule has 0 radical (unpaired) electrons. The number of methoxy groups -OCH3 is 2. The van der Waals surface area contributed by atoms with Crippen molar-refractivity contribution in [2.75, 3.05) is 14.2 Å². The largest absolute Gasteiger partial charge is 0.497 e. The number of hydrogen-bond donors (Lipinski definition) is 1. The Kier molecular flexibility index (Phi) is 5.56. The topological polar surface area (TPSA) is 47.6 Å². The second-order valence-corrected chi connectivity index (χ2v) is 5.38. The van der Waals surface area contributed by atoms with Gasteiger partial charge in [0.15, 0.2) is 0 Å². The molecule has 1 amide bonds. The molecule has 0 saturated heterocycles. The van der Waals surface area contributed by atoms with E-state index in [1.165, 1.54) is 14.2 Å². The van der Waals surface area contributed by atoms with Gasteiger partial charge in [-0.3, -0.25) is 4.79 Å². The Morgan fingerprint density at radius 3 is 2.20 bits per heavy atom. The lowest BCUT2D eigenvalue weighted by molar-refractivity contribution is -0.137. The van der Waals surface area contributed by atoms with Crippen LogP contribution in [0, 0.1) is 0 Å². The van der Waals surface area contributed by atoms with Crippen molar-refractivity contribution in [3.8, 4) is 11.5 Å². The van der Waals surface area contributed by atoms with E-state index < -0.39 is 23.7 Å². The highest BCUT2D eigenvalue weighted by atomic mass is 19.4. The lowest BCUT2D eigenvalue weighted by Crippen LogP contribution is -2.27. The Labute approximate surface area is 143 Å². The molecule has 7 heteroatoms. The van der Waals surface area contributed by atoms with Crippen molar-refractivity contribution in [2.24, 2.45) is 0 Å². The van der Waals surface area contributed by atoms with Crippen LogP contribution in [0.4, 0.5) is 13.2 Å². The number of hydrogen-bond acceptors (Lipinski definition) is 3. The standard InChI is InChI=1S/C18H18F3NO3/c1-11(15-10-14(24-2)8-9-16(15)25-3)22-17(23)12-4-6-13(7-5-12)18(19,20)21/h4-11H,1-3H3,(H,22,23)/t11-/m0/s1. The molecule has 4 nitrogen and oxygen atoms in total. The fraction of sp³-hybridized carbons (Fsp3) is 0.278. The second-order valence-electron chi connectivity index (χ2n) is 5.38. The fourth-order valence-corrected chi connectivity index (χ4v) is 2.35. The molecule has 0 heterocycles. The third-order valence-electron chi connectivity index (χ3n) is 3.73. The van der Waals surface area contributed by atoms with Gasteiger partial charge in [-0.25, -0.2) is 0 Å². The number of carbonyl (C=O) groups is 1. The number of rotatable bonds is 5. The summed E-state index contributed by atoms with van der Waals surface area (Å²) < 4.78 is 48.2. The number of ether oxygens (including phenoxy) is 2. The monoisotopic (exact) mass is 353 g/mol. The molecule has 0 spiro atoms. The molecule has 25 heavy (non-hydrogen) atoms. The van der Waals surface area contributed by atoms with Crippen molar-refractivity contribution in [1.29, 1.82) is 0 Å². The first-order valence-corrected chi connectivity index (χ1v) is 7.46. The first kappa shape index (κ1) is 18.6. The van der Waals surface area contributed by atoms with Gasteiger partial charge in [-0.2, -0.15) is 13.2 Å². The summed E-state index contributed by atoms with van der Waals surface area (Å²) in [4.78, 5) is 12.3. The highest BCUT2D eigenvalue weighted by Gasteiger charge is 2.30.